The summed E-state index contributed by atoms with van der Waals surface area (Å²) >= 11 is 5.78. The van der Waals surface area contributed by atoms with Gasteiger partial charge < -0.3 is 5.11 Å². The van der Waals surface area contributed by atoms with E-state index in [1.165, 1.54) is 22.9 Å². The second kappa shape index (κ2) is 5.85. The molecular weight excluding hydrogens is 295 g/mol. The Morgan fingerprint density at radius 3 is 2.67 bits per heavy atom. The third-order valence-corrected chi connectivity index (χ3v) is 3.44. The van der Waals surface area contributed by atoms with E-state index in [2.05, 4.69) is 5.10 Å². The largest absolute Gasteiger partial charge is 0.478 e. The standard InChI is InChI=1S/C15H16ClFN2O2/c1-8(2)6-13-14(15(20)21)9(3)19(18-13)10-4-5-12(17)11(16)7-10/h4-5,7-8H,6H2,1-3H3,(H,20,21). The zero-order valence-corrected chi connectivity index (χ0v) is 12.8. The highest BCUT2D eigenvalue weighted by Gasteiger charge is 2.22. The number of carboxylic acids is 1. The van der Waals surface area contributed by atoms with Gasteiger partial charge in [-0.1, -0.05) is 25.4 Å². The second-order valence-electron chi connectivity index (χ2n) is 5.32. The predicted octanol–water partition coefficient (Wildman–Crippen LogP) is 3.87. The number of benzene rings is 1. The molecule has 0 aliphatic carbocycles. The summed E-state index contributed by atoms with van der Waals surface area (Å²) in [5.41, 5.74) is 1.76. The van der Waals surface area contributed by atoms with Crippen molar-refractivity contribution in [3.05, 3.63) is 46.0 Å². The fraction of sp³-hybridized carbons (Fsp3) is 0.333. The minimum absolute atomic E-state index is 0.0234. The van der Waals surface area contributed by atoms with E-state index in [0.717, 1.165) is 0 Å². The Morgan fingerprint density at radius 1 is 1.48 bits per heavy atom. The highest BCUT2D eigenvalue weighted by molar-refractivity contribution is 6.30. The van der Waals surface area contributed by atoms with Crippen molar-refractivity contribution in [1.29, 1.82) is 0 Å². The molecule has 0 unspecified atom stereocenters. The van der Waals surface area contributed by atoms with Crippen LogP contribution in [0.15, 0.2) is 18.2 Å². The van der Waals surface area contributed by atoms with Crippen LogP contribution in [-0.4, -0.2) is 20.9 Å². The summed E-state index contributed by atoms with van der Waals surface area (Å²) in [5, 5.41) is 13.7. The van der Waals surface area contributed by atoms with Gasteiger partial charge in [0, 0.05) is 0 Å². The molecule has 0 spiro atoms. The molecule has 21 heavy (non-hydrogen) atoms. The third kappa shape index (κ3) is 3.08. The smallest absolute Gasteiger partial charge is 0.339 e. The second-order valence-corrected chi connectivity index (χ2v) is 5.73. The Balaban J connectivity index is 2.58. The lowest BCUT2D eigenvalue weighted by Gasteiger charge is -2.05. The van der Waals surface area contributed by atoms with Crippen molar-refractivity contribution < 1.29 is 14.3 Å². The summed E-state index contributed by atoms with van der Waals surface area (Å²) in [5.74, 6) is -1.25. The average Bonchev–Trinajstić information content (AvgIpc) is 2.69. The normalized spacial score (nSPS) is 11.1. The molecule has 0 fully saturated rings. The molecule has 1 aromatic heterocycles. The Bertz CT molecular complexity index is 695. The minimum atomic E-state index is -1.01. The first-order valence-electron chi connectivity index (χ1n) is 6.58. The van der Waals surface area contributed by atoms with Gasteiger partial charge in [-0.3, -0.25) is 0 Å². The van der Waals surface area contributed by atoms with Crippen LogP contribution in [0.25, 0.3) is 5.69 Å². The molecule has 112 valence electrons. The Kier molecular flexibility index (Phi) is 4.32. The van der Waals surface area contributed by atoms with Crippen molar-refractivity contribution in [2.45, 2.75) is 27.2 Å². The van der Waals surface area contributed by atoms with Crippen LogP contribution in [0, 0.1) is 18.7 Å². The van der Waals surface area contributed by atoms with Gasteiger partial charge in [-0.2, -0.15) is 5.10 Å². The molecule has 0 saturated carbocycles. The van der Waals surface area contributed by atoms with E-state index in [0.29, 0.717) is 23.5 Å². The molecule has 6 heteroatoms. The van der Waals surface area contributed by atoms with Crippen LogP contribution >= 0.6 is 11.6 Å². The molecule has 1 N–H and O–H groups in total. The number of rotatable bonds is 4. The van der Waals surface area contributed by atoms with Crippen LogP contribution in [0.2, 0.25) is 5.02 Å². The number of carboxylic acid groups (broad SMARTS) is 1. The number of nitrogens with zero attached hydrogens (tertiary/aromatic N) is 2. The number of hydrogen-bond donors (Lipinski definition) is 1. The molecular formula is C15H16ClFN2O2. The Hall–Kier alpha value is -1.88. The van der Waals surface area contributed by atoms with Crippen molar-refractivity contribution >= 4 is 17.6 Å². The number of halogens is 2. The summed E-state index contributed by atoms with van der Waals surface area (Å²) in [6.07, 6.45) is 0.560. The summed E-state index contributed by atoms with van der Waals surface area (Å²) in [6.45, 7) is 5.67. The van der Waals surface area contributed by atoms with Gasteiger partial charge >= 0.3 is 5.97 Å². The third-order valence-electron chi connectivity index (χ3n) is 3.15. The molecule has 1 aromatic carbocycles. The molecule has 0 radical (unpaired) electrons. The van der Waals surface area contributed by atoms with Gasteiger partial charge in [-0.25, -0.2) is 13.9 Å². The first-order chi connectivity index (χ1) is 9.81. The maximum Gasteiger partial charge on any atom is 0.339 e. The Morgan fingerprint density at radius 2 is 2.14 bits per heavy atom. The quantitative estimate of drug-likeness (QED) is 0.932. The summed E-state index contributed by atoms with van der Waals surface area (Å²) in [6, 6.07) is 4.19. The zero-order valence-electron chi connectivity index (χ0n) is 12.0. The van der Waals surface area contributed by atoms with Crippen LogP contribution < -0.4 is 0 Å². The minimum Gasteiger partial charge on any atom is -0.478 e. The molecule has 0 amide bonds. The number of hydrogen-bond acceptors (Lipinski definition) is 2. The molecule has 0 aliphatic rings. The first kappa shape index (κ1) is 15.5. The van der Waals surface area contributed by atoms with Crippen molar-refractivity contribution in [3.63, 3.8) is 0 Å². The molecule has 1 heterocycles. The number of aromatic nitrogens is 2. The van der Waals surface area contributed by atoms with Crippen LogP contribution in [0.3, 0.4) is 0 Å². The lowest BCUT2D eigenvalue weighted by molar-refractivity contribution is 0.0694. The molecule has 0 saturated heterocycles. The zero-order chi connectivity index (χ0) is 15.7. The Labute approximate surface area is 127 Å². The monoisotopic (exact) mass is 310 g/mol. The lowest BCUT2D eigenvalue weighted by Crippen LogP contribution is -2.04. The van der Waals surface area contributed by atoms with Crippen molar-refractivity contribution in [1.82, 2.24) is 9.78 Å². The van der Waals surface area contributed by atoms with E-state index in [9.17, 15) is 14.3 Å². The van der Waals surface area contributed by atoms with Crippen LogP contribution in [0.1, 0.15) is 35.6 Å². The predicted molar refractivity (Wildman–Crippen MR) is 78.8 cm³/mol. The topological polar surface area (TPSA) is 55.1 Å². The SMILES string of the molecule is Cc1c(C(=O)O)c(CC(C)C)nn1-c1ccc(F)c(Cl)c1. The molecule has 0 aliphatic heterocycles. The van der Waals surface area contributed by atoms with Gasteiger partial charge in [0.25, 0.3) is 0 Å². The van der Waals surface area contributed by atoms with Crippen LogP contribution in [0.4, 0.5) is 4.39 Å². The van der Waals surface area contributed by atoms with E-state index in [1.807, 2.05) is 13.8 Å². The maximum absolute atomic E-state index is 13.2. The number of carbonyl (C=O) groups is 1. The van der Waals surface area contributed by atoms with E-state index in [4.69, 9.17) is 11.6 Å². The lowest BCUT2D eigenvalue weighted by atomic mass is 10.0. The fourth-order valence-electron chi connectivity index (χ4n) is 2.24. The van der Waals surface area contributed by atoms with Crippen molar-refractivity contribution in [2.24, 2.45) is 5.92 Å². The molecule has 2 rings (SSSR count). The van der Waals surface area contributed by atoms with Gasteiger partial charge in [-0.05, 0) is 37.5 Å². The fourth-order valence-corrected chi connectivity index (χ4v) is 2.41. The van der Waals surface area contributed by atoms with Gasteiger partial charge in [0.15, 0.2) is 0 Å². The summed E-state index contributed by atoms with van der Waals surface area (Å²) in [7, 11) is 0. The highest BCUT2D eigenvalue weighted by atomic mass is 35.5. The number of aromatic carboxylic acids is 1. The van der Waals surface area contributed by atoms with Gasteiger partial charge in [-0.15, -0.1) is 0 Å². The summed E-state index contributed by atoms with van der Waals surface area (Å²) < 4.78 is 14.7. The molecule has 4 nitrogen and oxygen atoms in total. The van der Waals surface area contributed by atoms with E-state index in [1.54, 1.807) is 6.92 Å². The molecule has 0 bridgehead atoms. The summed E-state index contributed by atoms with van der Waals surface area (Å²) in [4.78, 5) is 11.5. The highest BCUT2D eigenvalue weighted by Crippen LogP contribution is 2.24. The van der Waals surface area contributed by atoms with Gasteiger partial charge in [0.1, 0.15) is 11.4 Å². The maximum atomic E-state index is 13.2. The van der Waals surface area contributed by atoms with Gasteiger partial charge in [0.05, 0.1) is 22.1 Å². The molecule has 2 aromatic rings. The van der Waals surface area contributed by atoms with E-state index < -0.39 is 11.8 Å². The van der Waals surface area contributed by atoms with Gasteiger partial charge in [0.2, 0.25) is 0 Å². The van der Waals surface area contributed by atoms with E-state index in [-0.39, 0.29) is 16.5 Å². The first-order valence-corrected chi connectivity index (χ1v) is 6.96. The van der Waals surface area contributed by atoms with Crippen molar-refractivity contribution in [3.8, 4) is 5.69 Å². The van der Waals surface area contributed by atoms with Crippen LogP contribution in [-0.2, 0) is 6.42 Å². The average molecular weight is 311 g/mol. The van der Waals surface area contributed by atoms with E-state index >= 15 is 0 Å². The molecule has 0 atom stereocenters. The van der Waals surface area contributed by atoms with Crippen LogP contribution in [0.5, 0.6) is 0 Å². The van der Waals surface area contributed by atoms with Crippen molar-refractivity contribution in [2.75, 3.05) is 0 Å².